The second kappa shape index (κ2) is 7.66. The van der Waals surface area contributed by atoms with E-state index in [1.165, 1.54) is 11.3 Å². The number of alkyl halides is 1. The molecule has 4 rings (SSSR count). The maximum atomic E-state index is 15.1. The number of amides is 1. The summed E-state index contributed by atoms with van der Waals surface area (Å²) in [4.78, 5) is 19.6. The van der Waals surface area contributed by atoms with Gasteiger partial charge in [0.25, 0.3) is 5.91 Å². The van der Waals surface area contributed by atoms with E-state index in [0.29, 0.717) is 39.0 Å². The molecule has 27 heavy (non-hydrogen) atoms. The predicted molar refractivity (Wildman–Crippen MR) is 109 cm³/mol. The van der Waals surface area contributed by atoms with Crippen LogP contribution in [0.2, 0.25) is 0 Å². The van der Waals surface area contributed by atoms with Crippen LogP contribution in [0.1, 0.15) is 33.8 Å². The fraction of sp³-hybridized carbons (Fsp3) is 0.400. The van der Waals surface area contributed by atoms with Gasteiger partial charge in [-0.05, 0) is 36.1 Å². The lowest BCUT2D eigenvalue weighted by molar-refractivity contribution is 0.0438. The second-order valence-corrected chi connectivity index (χ2v) is 9.16. The molecule has 7 heteroatoms. The van der Waals surface area contributed by atoms with Crippen molar-refractivity contribution in [2.24, 2.45) is 0 Å². The number of piperidine rings is 1. The molecule has 0 saturated carbocycles. The lowest BCUT2D eigenvalue weighted by Gasteiger charge is -2.36. The number of likely N-dealkylation sites (tertiary alicyclic amines) is 1. The summed E-state index contributed by atoms with van der Waals surface area (Å²) in [5.74, 6) is 0.0299. The zero-order chi connectivity index (χ0) is 18.9. The van der Waals surface area contributed by atoms with E-state index in [2.05, 4.69) is 10.3 Å². The Labute approximate surface area is 166 Å². The zero-order valence-corrected chi connectivity index (χ0v) is 16.8. The summed E-state index contributed by atoms with van der Waals surface area (Å²) in [5, 5.41) is 5.22. The van der Waals surface area contributed by atoms with Crippen LogP contribution in [0.5, 0.6) is 0 Å². The first-order valence-electron chi connectivity index (χ1n) is 9.10. The smallest absolute Gasteiger partial charge is 0.263 e. The van der Waals surface area contributed by atoms with Gasteiger partial charge in [-0.1, -0.05) is 6.07 Å². The van der Waals surface area contributed by atoms with E-state index in [0.717, 1.165) is 25.5 Å². The van der Waals surface area contributed by atoms with Gasteiger partial charge >= 0.3 is 0 Å². The van der Waals surface area contributed by atoms with Gasteiger partial charge < -0.3 is 10.2 Å². The first kappa shape index (κ1) is 18.5. The maximum Gasteiger partial charge on any atom is 0.263 e. The van der Waals surface area contributed by atoms with Crippen LogP contribution in [-0.2, 0) is 6.54 Å². The lowest BCUT2D eigenvalue weighted by atomic mass is 9.93. The lowest BCUT2D eigenvalue weighted by Crippen LogP contribution is -2.48. The third kappa shape index (κ3) is 4.20. The molecule has 0 spiro atoms. The van der Waals surface area contributed by atoms with Gasteiger partial charge in [0.05, 0.1) is 10.6 Å². The fourth-order valence-corrected chi connectivity index (χ4v) is 5.41. The van der Waals surface area contributed by atoms with Crippen LogP contribution in [0, 0.1) is 6.92 Å². The van der Waals surface area contributed by atoms with Gasteiger partial charge in [0.2, 0.25) is 0 Å². The third-order valence-electron chi connectivity index (χ3n) is 5.02. The van der Waals surface area contributed by atoms with Gasteiger partial charge in [-0.2, -0.15) is 0 Å². The van der Waals surface area contributed by atoms with Crippen molar-refractivity contribution >= 4 is 38.0 Å². The number of hydrogen-bond donors (Lipinski definition) is 1. The average Bonchev–Trinajstić information content (AvgIpc) is 3.25. The van der Waals surface area contributed by atoms with Crippen LogP contribution in [-0.4, -0.2) is 41.1 Å². The van der Waals surface area contributed by atoms with Crippen molar-refractivity contribution in [2.45, 2.75) is 32.0 Å². The van der Waals surface area contributed by atoms with Crippen molar-refractivity contribution in [3.05, 3.63) is 52.0 Å². The number of nitrogens with zero attached hydrogens (tertiary/aromatic N) is 2. The highest BCUT2D eigenvalue weighted by Gasteiger charge is 2.36. The van der Waals surface area contributed by atoms with E-state index < -0.39 is 5.67 Å². The monoisotopic (exact) mass is 403 g/mol. The normalized spacial score (nSPS) is 16.7. The van der Waals surface area contributed by atoms with Crippen molar-refractivity contribution in [1.82, 2.24) is 15.2 Å². The summed E-state index contributed by atoms with van der Waals surface area (Å²) in [5.41, 5.74) is 0.759. The Kier molecular flexibility index (Phi) is 5.25. The van der Waals surface area contributed by atoms with Crippen molar-refractivity contribution in [2.75, 3.05) is 19.6 Å². The minimum Gasteiger partial charge on any atom is -0.338 e. The molecule has 1 N–H and O–H groups in total. The van der Waals surface area contributed by atoms with E-state index in [1.807, 2.05) is 42.8 Å². The molecule has 0 aromatic carbocycles. The molecule has 0 atom stereocenters. The summed E-state index contributed by atoms with van der Waals surface area (Å²) < 4.78 is 17.4. The fourth-order valence-electron chi connectivity index (χ4n) is 3.33. The summed E-state index contributed by atoms with van der Waals surface area (Å²) in [6, 6.07) is 7.97. The average molecular weight is 404 g/mol. The number of thiophene rings is 2. The molecule has 1 fully saturated rings. The molecular weight excluding hydrogens is 381 g/mol. The molecule has 0 radical (unpaired) electrons. The van der Waals surface area contributed by atoms with Crippen LogP contribution in [0.15, 0.2) is 35.8 Å². The molecule has 1 aliphatic heterocycles. The first-order chi connectivity index (χ1) is 13.0. The van der Waals surface area contributed by atoms with Crippen molar-refractivity contribution in [3.63, 3.8) is 0 Å². The molecule has 4 heterocycles. The Morgan fingerprint density at radius 3 is 2.81 bits per heavy atom. The Morgan fingerprint density at radius 1 is 1.30 bits per heavy atom. The van der Waals surface area contributed by atoms with Crippen LogP contribution in [0.4, 0.5) is 4.39 Å². The topological polar surface area (TPSA) is 45.2 Å². The van der Waals surface area contributed by atoms with Gasteiger partial charge in [-0.3, -0.25) is 9.78 Å². The van der Waals surface area contributed by atoms with Gasteiger partial charge in [-0.25, -0.2) is 4.39 Å². The Bertz CT molecular complexity index is 898. The SMILES string of the molecule is Cc1ccc(CNCC2(F)CCN(C(=O)c3cc4sccc4s3)CC2)nc1. The van der Waals surface area contributed by atoms with Crippen LogP contribution >= 0.6 is 22.7 Å². The molecule has 3 aromatic heterocycles. The Balaban J connectivity index is 1.28. The van der Waals surface area contributed by atoms with Crippen molar-refractivity contribution in [3.8, 4) is 0 Å². The van der Waals surface area contributed by atoms with Crippen LogP contribution in [0.3, 0.4) is 0 Å². The molecule has 1 saturated heterocycles. The van der Waals surface area contributed by atoms with Crippen molar-refractivity contribution in [1.29, 1.82) is 0 Å². The summed E-state index contributed by atoms with van der Waals surface area (Å²) in [6.45, 7) is 3.77. The molecule has 0 bridgehead atoms. The van der Waals surface area contributed by atoms with E-state index >= 15 is 4.39 Å². The largest absolute Gasteiger partial charge is 0.338 e. The van der Waals surface area contributed by atoms with E-state index in [9.17, 15) is 4.79 Å². The standard InChI is InChI=1S/C20H22FN3OS2/c1-14-2-3-15(23-11-14)12-22-13-20(21)5-7-24(8-6-20)19(25)18-10-17-16(27-18)4-9-26-17/h2-4,9-11,22H,5-8,12-13H2,1H3. The molecule has 0 unspecified atom stereocenters. The zero-order valence-electron chi connectivity index (χ0n) is 15.2. The first-order valence-corrected chi connectivity index (χ1v) is 10.8. The highest BCUT2D eigenvalue weighted by Crippen LogP contribution is 2.32. The van der Waals surface area contributed by atoms with Crippen LogP contribution < -0.4 is 5.32 Å². The number of carbonyl (C=O) groups excluding carboxylic acids is 1. The minimum absolute atomic E-state index is 0.0299. The number of halogens is 1. The molecular formula is C20H22FN3OS2. The molecule has 1 amide bonds. The Morgan fingerprint density at radius 2 is 2.11 bits per heavy atom. The second-order valence-electron chi connectivity index (χ2n) is 7.13. The van der Waals surface area contributed by atoms with E-state index in [-0.39, 0.29) is 5.91 Å². The minimum atomic E-state index is -1.27. The van der Waals surface area contributed by atoms with E-state index in [1.54, 1.807) is 16.2 Å². The quantitative estimate of drug-likeness (QED) is 0.687. The van der Waals surface area contributed by atoms with Gasteiger partial charge in [0.15, 0.2) is 0 Å². The number of fused-ring (bicyclic) bond motifs is 1. The summed E-state index contributed by atoms with van der Waals surface area (Å²) in [7, 11) is 0. The van der Waals surface area contributed by atoms with E-state index in [4.69, 9.17) is 0 Å². The van der Waals surface area contributed by atoms with Crippen LogP contribution in [0.25, 0.3) is 9.40 Å². The maximum absolute atomic E-state index is 15.1. The molecule has 142 valence electrons. The molecule has 1 aliphatic rings. The molecule has 4 nitrogen and oxygen atoms in total. The number of aromatic nitrogens is 1. The molecule has 3 aromatic rings. The number of hydrogen-bond acceptors (Lipinski definition) is 5. The third-order valence-corrected chi connectivity index (χ3v) is 7.10. The van der Waals surface area contributed by atoms with Gasteiger partial charge in [-0.15, -0.1) is 22.7 Å². The number of pyridine rings is 1. The van der Waals surface area contributed by atoms with Gasteiger partial charge in [0, 0.05) is 54.6 Å². The predicted octanol–water partition coefficient (Wildman–Crippen LogP) is 4.40. The van der Waals surface area contributed by atoms with Crippen molar-refractivity contribution < 1.29 is 9.18 Å². The number of carbonyl (C=O) groups is 1. The highest BCUT2D eigenvalue weighted by atomic mass is 32.1. The Hall–Kier alpha value is -1.83. The highest BCUT2D eigenvalue weighted by molar-refractivity contribution is 7.27. The number of aryl methyl sites for hydroxylation is 1. The number of nitrogens with one attached hydrogen (secondary N) is 1. The number of rotatable bonds is 5. The molecule has 0 aliphatic carbocycles. The summed E-state index contributed by atoms with van der Waals surface area (Å²) in [6.07, 6.45) is 2.56. The summed E-state index contributed by atoms with van der Waals surface area (Å²) >= 11 is 3.17. The van der Waals surface area contributed by atoms with Gasteiger partial charge in [0.1, 0.15) is 5.67 Å².